The maximum Gasteiger partial charge on any atom is 0.328 e. The van der Waals surface area contributed by atoms with Gasteiger partial charge in [-0.05, 0) is 30.1 Å². The number of hydrogen-bond acceptors (Lipinski definition) is 4. The number of thioether (sulfide) groups is 1. The van der Waals surface area contributed by atoms with Gasteiger partial charge in [0.2, 0.25) is 0 Å². The van der Waals surface area contributed by atoms with Gasteiger partial charge in [-0.1, -0.05) is 44.2 Å². The van der Waals surface area contributed by atoms with Crippen molar-refractivity contribution in [3.05, 3.63) is 56.7 Å². The van der Waals surface area contributed by atoms with Gasteiger partial charge in [0.15, 0.2) is 5.52 Å². The van der Waals surface area contributed by atoms with Gasteiger partial charge in [-0.15, -0.1) is 11.8 Å². The second kappa shape index (κ2) is 7.95. The van der Waals surface area contributed by atoms with Crippen LogP contribution in [0.25, 0.3) is 11.0 Å². The van der Waals surface area contributed by atoms with Crippen molar-refractivity contribution in [2.75, 3.05) is 5.75 Å². The van der Waals surface area contributed by atoms with Crippen LogP contribution >= 0.6 is 11.8 Å². The Balaban J connectivity index is 1.98. The molecule has 1 aromatic carbocycles. The van der Waals surface area contributed by atoms with E-state index in [4.69, 9.17) is 0 Å². The summed E-state index contributed by atoms with van der Waals surface area (Å²) in [5.41, 5.74) is 1.50. The molecule has 6 nitrogen and oxygen atoms in total. The minimum atomic E-state index is -0.407. The highest BCUT2D eigenvalue weighted by Crippen LogP contribution is 2.26. The molecule has 0 aliphatic heterocycles. The van der Waals surface area contributed by atoms with Crippen LogP contribution in [0.15, 0.2) is 44.9 Å². The van der Waals surface area contributed by atoms with Gasteiger partial charge in [0.05, 0.1) is 0 Å². The quantitative estimate of drug-likeness (QED) is 0.647. The Kier molecular flexibility index (Phi) is 5.66. The first-order chi connectivity index (χ1) is 12.5. The van der Waals surface area contributed by atoms with Crippen LogP contribution in [-0.2, 0) is 20.0 Å². The van der Waals surface area contributed by atoms with Crippen LogP contribution in [0.4, 0.5) is 0 Å². The lowest BCUT2D eigenvalue weighted by Gasteiger charge is -2.04. The normalized spacial score (nSPS) is 11.5. The molecule has 0 amide bonds. The van der Waals surface area contributed by atoms with E-state index in [1.54, 1.807) is 23.5 Å². The number of nitrogens with zero attached hydrogens (tertiary/aromatic N) is 3. The van der Waals surface area contributed by atoms with E-state index < -0.39 is 5.69 Å². The second-order valence-corrected chi connectivity index (χ2v) is 7.89. The molecule has 3 aromatic rings. The molecule has 3 rings (SSSR count). The van der Waals surface area contributed by atoms with Crippen LogP contribution < -0.4 is 11.2 Å². The van der Waals surface area contributed by atoms with Gasteiger partial charge in [-0.2, -0.15) is 5.10 Å². The van der Waals surface area contributed by atoms with Crippen molar-refractivity contribution in [2.24, 2.45) is 13.0 Å². The lowest BCUT2D eigenvalue weighted by molar-refractivity contribution is 0.615. The van der Waals surface area contributed by atoms with Crippen LogP contribution in [0.2, 0.25) is 0 Å². The van der Waals surface area contributed by atoms with E-state index in [9.17, 15) is 9.59 Å². The summed E-state index contributed by atoms with van der Waals surface area (Å²) in [6.45, 7) is 4.95. The number of hydrogen-bond donors (Lipinski definition) is 1. The highest BCUT2D eigenvalue weighted by atomic mass is 32.2. The molecule has 0 aliphatic rings. The fraction of sp³-hybridized carbons (Fsp3) is 0.421. The van der Waals surface area contributed by atoms with E-state index in [0.717, 1.165) is 23.6 Å². The third kappa shape index (κ3) is 3.93. The molecule has 7 heteroatoms. The summed E-state index contributed by atoms with van der Waals surface area (Å²) in [6, 6.07) is 10.1. The monoisotopic (exact) mass is 372 g/mol. The smallest absolute Gasteiger partial charge is 0.292 e. The Morgan fingerprint density at radius 1 is 1.15 bits per heavy atom. The Bertz CT molecular complexity index is 1000. The summed E-state index contributed by atoms with van der Waals surface area (Å²) in [7, 11) is 1.68. The van der Waals surface area contributed by atoms with E-state index in [-0.39, 0.29) is 5.56 Å². The number of aromatic amines is 1. The molecule has 26 heavy (non-hydrogen) atoms. The molecular weight excluding hydrogens is 348 g/mol. The molecule has 0 fully saturated rings. The predicted octanol–water partition coefficient (Wildman–Crippen LogP) is 2.80. The lowest BCUT2D eigenvalue weighted by Crippen LogP contribution is -2.29. The Morgan fingerprint density at radius 3 is 2.58 bits per heavy atom. The molecule has 1 N–H and O–H groups in total. The van der Waals surface area contributed by atoms with Crippen LogP contribution in [0, 0.1) is 5.92 Å². The highest BCUT2D eigenvalue weighted by molar-refractivity contribution is 7.99. The number of rotatable bonds is 7. The van der Waals surface area contributed by atoms with Gasteiger partial charge in [0.25, 0.3) is 5.56 Å². The zero-order valence-electron chi connectivity index (χ0n) is 15.4. The fourth-order valence-corrected chi connectivity index (χ4v) is 4.14. The summed E-state index contributed by atoms with van der Waals surface area (Å²) in [5, 5.41) is 5.41. The van der Waals surface area contributed by atoms with Crippen LogP contribution in [0.3, 0.4) is 0 Å². The molecule has 0 atom stereocenters. The number of nitrogens with one attached hydrogen (secondary N) is 1. The maximum absolute atomic E-state index is 12.4. The SMILES string of the molecule is CC(C)CCSc1nn(CCc2ccccc2)c2c(=O)[nH]c(=O)n(C)c12. The number of H-pyrrole nitrogens is 1. The standard InChI is InChI=1S/C19H24N4O2S/c1-13(2)10-12-26-18-16-15(17(24)20-19(25)22(16)3)23(21-18)11-9-14-7-5-4-6-8-14/h4-8,13H,9-12H2,1-3H3,(H,20,24,25). The van der Waals surface area contributed by atoms with Gasteiger partial charge in [0, 0.05) is 13.6 Å². The van der Waals surface area contributed by atoms with Gasteiger partial charge in [-0.3, -0.25) is 19.0 Å². The zero-order chi connectivity index (χ0) is 18.7. The molecule has 138 valence electrons. The van der Waals surface area contributed by atoms with Crippen LogP contribution in [0.1, 0.15) is 25.8 Å². The molecule has 0 bridgehead atoms. The van der Waals surface area contributed by atoms with Crippen molar-refractivity contribution in [1.29, 1.82) is 0 Å². The van der Waals surface area contributed by atoms with Gasteiger partial charge >= 0.3 is 5.69 Å². The summed E-state index contributed by atoms with van der Waals surface area (Å²) in [5.74, 6) is 1.50. The average Bonchev–Trinajstić information content (AvgIpc) is 2.98. The summed E-state index contributed by atoms with van der Waals surface area (Å²) in [4.78, 5) is 26.9. The van der Waals surface area contributed by atoms with Crippen LogP contribution in [0.5, 0.6) is 0 Å². The second-order valence-electron chi connectivity index (χ2n) is 6.81. The van der Waals surface area contributed by atoms with E-state index in [2.05, 4.69) is 36.1 Å². The summed E-state index contributed by atoms with van der Waals surface area (Å²) >= 11 is 1.61. The Morgan fingerprint density at radius 2 is 1.88 bits per heavy atom. The molecule has 0 aliphatic carbocycles. The van der Waals surface area contributed by atoms with Crippen molar-refractivity contribution in [3.8, 4) is 0 Å². The molecule has 0 saturated carbocycles. The largest absolute Gasteiger partial charge is 0.328 e. The molecule has 0 unspecified atom stereocenters. The minimum absolute atomic E-state index is 0.376. The van der Waals surface area contributed by atoms with Crippen LogP contribution in [-0.4, -0.2) is 25.1 Å². The molecule has 2 aromatic heterocycles. The summed E-state index contributed by atoms with van der Waals surface area (Å²) in [6.07, 6.45) is 1.83. The van der Waals surface area contributed by atoms with Crippen molar-refractivity contribution in [1.82, 2.24) is 19.3 Å². The fourth-order valence-electron chi connectivity index (χ4n) is 2.83. The first kappa shape index (κ1) is 18.5. The molecule has 0 radical (unpaired) electrons. The van der Waals surface area contributed by atoms with Crippen molar-refractivity contribution >= 4 is 22.8 Å². The van der Waals surface area contributed by atoms with E-state index >= 15 is 0 Å². The first-order valence-corrected chi connectivity index (χ1v) is 9.82. The summed E-state index contributed by atoms with van der Waals surface area (Å²) < 4.78 is 3.22. The van der Waals surface area contributed by atoms with Crippen molar-refractivity contribution < 1.29 is 0 Å². The lowest BCUT2D eigenvalue weighted by atomic mass is 10.1. The number of aromatic nitrogens is 4. The average molecular weight is 372 g/mol. The Hall–Kier alpha value is -2.28. The number of aryl methyl sites for hydroxylation is 3. The Labute approximate surface area is 156 Å². The maximum atomic E-state index is 12.4. The van der Waals surface area contributed by atoms with Gasteiger partial charge < -0.3 is 0 Å². The number of fused-ring (bicyclic) bond motifs is 1. The molecule has 0 saturated heterocycles. The van der Waals surface area contributed by atoms with E-state index in [1.807, 2.05) is 18.2 Å². The third-order valence-corrected chi connectivity index (χ3v) is 5.35. The van der Waals surface area contributed by atoms with Gasteiger partial charge in [-0.25, -0.2) is 4.79 Å². The highest BCUT2D eigenvalue weighted by Gasteiger charge is 2.18. The molecular formula is C19H24N4O2S. The van der Waals surface area contributed by atoms with E-state index in [1.165, 1.54) is 10.1 Å². The van der Waals surface area contributed by atoms with Crippen molar-refractivity contribution in [2.45, 2.75) is 38.3 Å². The topological polar surface area (TPSA) is 72.7 Å². The molecule has 0 spiro atoms. The molecule has 2 heterocycles. The third-order valence-electron chi connectivity index (χ3n) is 4.36. The van der Waals surface area contributed by atoms with E-state index in [0.29, 0.717) is 23.5 Å². The van der Waals surface area contributed by atoms with Gasteiger partial charge in [0.1, 0.15) is 10.5 Å². The van der Waals surface area contributed by atoms with Crippen molar-refractivity contribution in [3.63, 3.8) is 0 Å². The predicted molar refractivity (Wildman–Crippen MR) is 106 cm³/mol. The number of benzene rings is 1. The zero-order valence-corrected chi connectivity index (χ0v) is 16.2. The minimum Gasteiger partial charge on any atom is -0.292 e. The first-order valence-electron chi connectivity index (χ1n) is 8.84.